The minimum Gasteiger partial charge on any atom is -0.492 e. The van der Waals surface area contributed by atoms with Gasteiger partial charge in [0.2, 0.25) is 0 Å². The van der Waals surface area contributed by atoms with Crippen molar-refractivity contribution in [2.24, 2.45) is 0 Å². The molecule has 0 amide bonds. The van der Waals surface area contributed by atoms with Crippen molar-refractivity contribution in [3.05, 3.63) is 29.3 Å². The fourth-order valence-corrected chi connectivity index (χ4v) is 2.62. The highest BCUT2D eigenvalue weighted by atomic mass is 35.5. The lowest BCUT2D eigenvalue weighted by Crippen LogP contribution is -2.47. The summed E-state index contributed by atoms with van der Waals surface area (Å²) in [5, 5.41) is 0.743. The molecule has 5 heteroatoms. The van der Waals surface area contributed by atoms with Crippen molar-refractivity contribution in [3.8, 4) is 5.75 Å². The minimum absolute atomic E-state index is 0.727. The Morgan fingerprint density at radius 2 is 1.57 bits per heavy atom. The van der Waals surface area contributed by atoms with Crippen LogP contribution in [0.1, 0.15) is 6.42 Å². The Morgan fingerprint density at radius 3 is 2.19 bits per heavy atom. The van der Waals surface area contributed by atoms with Gasteiger partial charge in [-0.3, -0.25) is 4.90 Å². The van der Waals surface area contributed by atoms with E-state index in [0.29, 0.717) is 0 Å². The summed E-state index contributed by atoms with van der Waals surface area (Å²) in [7, 11) is 1.76. The molecule has 1 heterocycles. The smallest absolute Gasteiger partial charge is 0.119 e. The third kappa shape index (κ3) is 6.22. The molecule has 4 nitrogen and oxygen atoms in total. The van der Waals surface area contributed by atoms with Gasteiger partial charge in [0.25, 0.3) is 0 Å². The number of rotatable bonds is 8. The highest BCUT2D eigenvalue weighted by molar-refractivity contribution is 6.30. The monoisotopic (exact) mass is 312 g/mol. The van der Waals surface area contributed by atoms with Gasteiger partial charge in [-0.15, -0.1) is 0 Å². The van der Waals surface area contributed by atoms with E-state index in [4.69, 9.17) is 21.1 Å². The molecule has 0 saturated carbocycles. The molecule has 1 saturated heterocycles. The molecule has 0 bridgehead atoms. The van der Waals surface area contributed by atoms with E-state index in [2.05, 4.69) is 9.80 Å². The van der Waals surface area contributed by atoms with E-state index in [1.807, 2.05) is 24.3 Å². The van der Waals surface area contributed by atoms with Crippen molar-refractivity contribution in [2.75, 3.05) is 59.6 Å². The van der Waals surface area contributed by atoms with Crippen molar-refractivity contribution in [1.29, 1.82) is 0 Å². The van der Waals surface area contributed by atoms with E-state index >= 15 is 0 Å². The topological polar surface area (TPSA) is 24.9 Å². The number of benzene rings is 1. The highest BCUT2D eigenvalue weighted by Gasteiger charge is 2.15. The van der Waals surface area contributed by atoms with Crippen LogP contribution in [0, 0.1) is 0 Å². The van der Waals surface area contributed by atoms with Crippen LogP contribution in [0.15, 0.2) is 24.3 Å². The standard InChI is InChI=1S/C16H25ClN2O2/c1-20-13-2-7-18-8-10-19(11-9-18)12-14-21-16-5-3-15(17)4-6-16/h3-6H,2,7-14H2,1H3. The van der Waals surface area contributed by atoms with Crippen LogP contribution in [0.25, 0.3) is 0 Å². The van der Waals surface area contributed by atoms with Crippen molar-refractivity contribution >= 4 is 11.6 Å². The fraction of sp³-hybridized carbons (Fsp3) is 0.625. The number of halogens is 1. The summed E-state index contributed by atoms with van der Waals surface area (Å²) < 4.78 is 10.8. The van der Waals surface area contributed by atoms with Gasteiger partial charge in [-0.2, -0.15) is 0 Å². The maximum absolute atomic E-state index is 5.85. The Hall–Kier alpha value is -0.810. The molecular weight excluding hydrogens is 288 g/mol. The molecule has 0 aliphatic carbocycles. The summed E-state index contributed by atoms with van der Waals surface area (Å²) in [6.45, 7) is 8.24. The average molecular weight is 313 g/mol. The predicted molar refractivity (Wildman–Crippen MR) is 86.3 cm³/mol. The van der Waals surface area contributed by atoms with E-state index < -0.39 is 0 Å². The summed E-state index contributed by atoms with van der Waals surface area (Å²) in [5.74, 6) is 0.887. The lowest BCUT2D eigenvalue weighted by Gasteiger charge is -2.34. The van der Waals surface area contributed by atoms with E-state index in [9.17, 15) is 0 Å². The Labute approximate surface area is 132 Å². The zero-order valence-corrected chi connectivity index (χ0v) is 13.5. The third-order valence-electron chi connectivity index (χ3n) is 3.78. The second-order valence-corrected chi connectivity index (χ2v) is 5.77. The maximum atomic E-state index is 5.85. The molecule has 1 aromatic carbocycles. The molecule has 1 aliphatic rings. The number of ether oxygens (including phenoxy) is 2. The second-order valence-electron chi connectivity index (χ2n) is 5.33. The zero-order valence-electron chi connectivity index (χ0n) is 12.8. The minimum atomic E-state index is 0.727. The first-order valence-corrected chi connectivity index (χ1v) is 7.98. The fourth-order valence-electron chi connectivity index (χ4n) is 2.49. The molecule has 0 atom stereocenters. The Balaban J connectivity index is 1.57. The van der Waals surface area contributed by atoms with Gasteiger partial charge >= 0.3 is 0 Å². The first kappa shape index (κ1) is 16.6. The average Bonchev–Trinajstić information content (AvgIpc) is 2.51. The molecule has 21 heavy (non-hydrogen) atoms. The van der Waals surface area contributed by atoms with Crippen LogP contribution >= 0.6 is 11.6 Å². The number of piperazine rings is 1. The van der Waals surface area contributed by atoms with Crippen LogP contribution in [-0.4, -0.2) is 69.4 Å². The van der Waals surface area contributed by atoms with Crippen LogP contribution in [-0.2, 0) is 4.74 Å². The van der Waals surface area contributed by atoms with Crippen LogP contribution in [0.5, 0.6) is 5.75 Å². The first-order valence-electron chi connectivity index (χ1n) is 7.60. The van der Waals surface area contributed by atoms with E-state index in [1.165, 1.54) is 0 Å². The molecule has 0 aromatic heterocycles. The second kappa shape index (κ2) is 9.26. The number of hydrogen-bond acceptors (Lipinski definition) is 4. The molecule has 1 aliphatic heterocycles. The normalized spacial score (nSPS) is 17.0. The van der Waals surface area contributed by atoms with Gasteiger partial charge in [0.1, 0.15) is 12.4 Å². The van der Waals surface area contributed by atoms with Crippen molar-refractivity contribution in [2.45, 2.75) is 6.42 Å². The summed E-state index contributed by atoms with van der Waals surface area (Å²) >= 11 is 5.85. The van der Waals surface area contributed by atoms with Gasteiger partial charge in [-0.1, -0.05) is 11.6 Å². The summed E-state index contributed by atoms with van der Waals surface area (Å²) in [4.78, 5) is 4.97. The van der Waals surface area contributed by atoms with Crippen LogP contribution in [0.3, 0.4) is 0 Å². The van der Waals surface area contributed by atoms with E-state index in [-0.39, 0.29) is 0 Å². The largest absolute Gasteiger partial charge is 0.492 e. The third-order valence-corrected chi connectivity index (χ3v) is 4.03. The molecule has 0 unspecified atom stereocenters. The van der Waals surface area contributed by atoms with Crippen LogP contribution < -0.4 is 4.74 Å². The highest BCUT2D eigenvalue weighted by Crippen LogP contribution is 2.15. The first-order chi connectivity index (χ1) is 10.3. The van der Waals surface area contributed by atoms with E-state index in [1.54, 1.807) is 7.11 Å². The van der Waals surface area contributed by atoms with Crippen molar-refractivity contribution < 1.29 is 9.47 Å². The van der Waals surface area contributed by atoms with Crippen LogP contribution in [0.2, 0.25) is 5.02 Å². The lowest BCUT2D eigenvalue weighted by atomic mass is 10.3. The van der Waals surface area contributed by atoms with Gasteiger partial charge in [-0.25, -0.2) is 0 Å². The quantitative estimate of drug-likeness (QED) is 0.688. The molecule has 118 valence electrons. The Kier molecular flexibility index (Phi) is 7.30. The molecule has 1 aromatic rings. The molecule has 0 spiro atoms. The Morgan fingerprint density at radius 1 is 0.952 bits per heavy atom. The molecule has 0 N–H and O–H groups in total. The van der Waals surface area contributed by atoms with Gasteiger partial charge in [0, 0.05) is 58.0 Å². The molecular formula is C16H25ClN2O2. The molecule has 2 rings (SSSR count). The van der Waals surface area contributed by atoms with Gasteiger partial charge in [0.15, 0.2) is 0 Å². The van der Waals surface area contributed by atoms with Crippen molar-refractivity contribution in [1.82, 2.24) is 9.80 Å². The predicted octanol–water partition coefficient (Wildman–Crippen LogP) is 2.37. The lowest BCUT2D eigenvalue weighted by molar-refractivity contribution is 0.106. The summed E-state index contributed by atoms with van der Waals surface area (Å²) in [5.41, 5.74) is 0. The molecule has 1 fully saturated rings. The Bertz CT molecular complexity index is 392. The summed E-state index contributed by atoms with van der Waals surface area (Å²) in [6, 6.07) is 7.54. The van der Waals surface area contributed by atoms with Gasteiger partial charge in [-0.05, 0) is 30.7 Å². The van der Waals surface area contributed by atoms with Gasteiger partial charge < -0.3 is 14.4 Å². The maximum Gasteiger partial charge on any atom is 0.119 e. The van der Waals surface area contributed by atoms with E-state index in [0.717, 1.165) is 69.7 Å². The number of nitrogens with zero attached hydrogens (tertiary/aromatic N) is 2. The summed E-state index contributed by atoms with van der Waals surface area (Å²) in [6.07, 6.45) is 1.12. The number of methoxy groups -OCH3 is 1. The zero-order chi connectivity index (χ0) is 14.9. The van der Waals surface area contributed by atoms with Gasteiger partial charge in [0.05, 0.1) is 0 Å². The number of hydrogen-bond donors (Lipinski definition) is 0. The molecule has 0 radical (unpaired) electrons. The van der Waals surface area contributed by atoms with Crippen molar-refractivity contribution in [3.63, 3.8) is 0 Å². The SMILES string of the molecule is COCCCN1CCN(CCOc2ccc(Cl)cc2)CC1. The van der Waals surface area contributed by atoms with Crippen LogP contribution in [0.4, 0.5) is 0 Å².